The fourth-order valence-electron chi connectivity index (χ4n) is 10.2. The highest BCUT2D eigenvalue weighted by atomic mass is 28.3. The molecule has 12 aromatic rings. The van der Waals surface area contributed by atoms with Gasteiger partial charge >= 0.3 is 0 Å². The first-order chi connectivity index (χ1) is 32.2. The van der Waals surface area contributed by atoms with Crippen LogP contribution < -0.4 is 25.6 Å². The standard InChI is InChI=1S/C62H43NOSi/c1-5-18-45(19-6-1)55-31-15-21-47-34-35-48(42-58(47)55)44-36-39-49(40-37-44)63(59-32-17-33-60-61(59)57-41-38-46-20-13-14-30-56(46)62(57)64-60)50-22-16-29-54(43-50)65(51-23-7-2-8-24-51,52-25-9-3-10-26-52)53-27-11-4-12-28-53/h1-43H. The predicted molar refractivity (Wildman–Crippen MR) is 278 cm³/mol. The normalized spacial score (nSPS) is 11.7. The molecule has 0 amide bonds. The molecular formula is C62H43NOSi. The number of furan rings is 1. The molecule has 1 aromatic heterocycles. The maximum atomic E-state index is 6.81. The van der Waals surface area contributed by atoms with Crippen LogP contribution in [-0.2, 0) is 0 Å². The molecule has 0 fully saturated rings. The smallest absolute Gasteiger partial charge is 0.179 e. The summed E-state index contributed by atoms with van der Waals surface area (Å²) in [6.07, 6.45) is 0. The summed E-state index contributed by atoms with van der Waals surface area (Å²) in [7, 11) is -2.84. The van der Waals surface area contributed by atoms with Crippen molar-refractivity contribution in [1.29, 1.82) is 0 Å². The van der Waals surface area contributed by atoms with Gasteiger partial charge in [0, 0.05) is 22.1 Å². The van der Waals surface area contributed by atoms with E-state index in [0.717, 1.165) is 55.3 Å². The summed E-state index contributed by atoms with van der Waals surface area (Å²) in [5.41, 5.74) is 9.77. The maximum absolute atomic E-state index is 6.81. The maximum Gasteiger partial charge on any atom is 0.179 e. The van der Waals surface area contributed by atoms with Gasteiger partial charge in [-0.05, 0) is 108 Å². The van der Waals surface area contributed by atoms with Crippen LogP contribution in [0.4, 0.5) is 17.1 Å². The molecule has 0 spiro atoms. The van der Waals surface area contributed by atoms with Gasteiger partial charge in [0.15, 0.2) is 8.07 Å². The molecule has 0 unspecified atom stereocenters. The molecule has 0 bridgehead atoms. The van der Waals surface area contributed by atoms with Crippen LogP contribution in [0.1, 0.15) is 0 Å². The van der Waals surface area contributed by atoms with E-state index in [1.165, 1.54) is 48.2 Å². The highest BCUT2D eigenvalue weighted by molar-refractivity contribution is 7.19. The first-order valence-corrected chi connectivity index (χ1v) is 24.3. The summed E-state index contributed by atoms with van der Waals surface area (Å²) in [4.78, 5) is 2.44. The Morgan fingerprint density at radius 1 is 0.323 bits per heavy atom. The Balaban J connectivity index is 1.08. The Hall–Kier alpha value is -8.24. The van der Waals surface area contributed by atoms with Crippen molar-refractivity contribution in [3.05, 3.63) is 261 Å². The van der Waals surface area contributed by atoms with Gasteiger partial charge in [0.2, 0.25) is 0 Å². The minimum atomic E-state index is -2.84. The van der Waals surface area contributed by atoms with Crippen LogP contribution in [0.3, 0.4) is 0 Å². The van der Waals surface area contributed by atoms with E-state index in [2.05, 4.69) is 266 Å². The number of nitrogens with zero attached hydrogens (tertiary/aromatic N) is 1. The van der Waals surface area contributed by atoms with Crippen molar-refractivity contribution in [3.8, 4) is 22.3 Å². The molecule has 0 aliphatic carbocycles. The zero-order chi connectivity index (χ0) is 43.2. The zero-order valence-corrected chi connectivity index (χ0v) is 36.7. The minimum absolute atomic E-state index is 0.860. The summed E-state index contributed by atoms with van der Waals surface area (Å²) in [5, 5.41) is 12.3. The Kier molecular flexibility index (Phi) is 9.55. The van der Waals surface area contributed by atoms with Gasteiger partial charge in [-0.15, -0.1) is 0 Å². The predicted octanol–water partition coefficient (Wildman–Crippen LogP) is 14.1. The molecule has 65 heavy (non-hydrogen) atoms. The Bertz CT molecular complexity index is 3540. The quantitative estimate of drug-likeness (QED) is 0.106. The van der Waals surface area contributed by atoms with Crippen LogP contribution in [0.2, 0.25) is 0 Å². The van der Waals surface area contributed by atoms with E-state index in [-0.39, 0.29) is 0 Å². The molecule has 12 rings (SSSR count). The van der Waals surface area contributed by atoms with Crippen molar-refractivity contribution in [1.82, 2.24) is 0 Å². The van der Waals surface area contributed by atoms with Gasteiger partial charge in [0.1, 0.15) is 11.2 Å². The molecule has 0 N–H and O–H groups in total. The molecular weight excluding hydrogens is 803 g/mol. The van der Waals surface area contributed by atoms with Gasteiger partial charge in [-0.1, -0.05) is 212 Å². The Morgan fingerprint density at radius 2 is 0.877 bits per heavy atom. The van der Waals surface area contributed by atoms with E-state index in [9.17, 15) is 0 Å². The highest BCUT2D eigenvalue weighted by Gasteiger charge is 2.41. The molecule has 0 atom stereocenters. The molecule has 0 radical (unpaired) electrons. The average molecular weight is 846 g/mol. The van der Waals surface area contributed by atoms with Crippen LogP contribution in [0, 0.1) is 0 Å². The topological polar surface area (TPSA) is 16.4 Å². The first-order valence-electron chi connectivity index (χ1n) is 22.3. The summed E-state index contributed by atoms with van der Waals surface area (Å²) in [6.45, 7) is 0. The number of benzene rings is 11. The molecule has 0 aliphatic heterocycles. The summed E-state index contributed by atoms with van der Waals surface area (Å²) >= 11 is 0. The highest BCUT2D eigenvalue weighted by Crippen LogP contribution is 2.44. The van der Waals surface area contributed by atoms with Gasteiger partial charge in [-0.3, -0.25) is 0 Å². The van der Waals surface area contributed by atoms with E-state index in [0.29, 0.717) is 0 Å². The average Bonchev–Trinajstić information content (AvgIpc) is 3.78. The van der Waals surface area contributed by atoms with Crippen molar-refractivity contribution in [2.24, 2.45) is 0 Å². The summed E-state index contributed by atoms with van der Waals surface area (Å²) in [5.74, 6) is 0. The fraction of sp³-hybridized carbons (Fsp3) is 0. The fourth-order valence-corrected chi connectivity index (χ4v) is 15.0. The molecule has 306 valence electrons. The largest absolute Gasteiger partial charge is 0.455 e. The van der Waals surface area contributed by atoms with Crippen LogP contribution in [0.25, 0.3) is 65.7 Å². The lowest BCUT2D eigenvalue weighted by atomic mass is 9.95. The van der Waals surface area contributed by atoms with Gasteiger partial charge in [-0.2, -0.15) is 0 Å². The van der Waals surface area contributed by atoms with E-state index >= 15 is 0 Å². The summed E-state index contributed by atoms with van der Waals surface area (Å²) in [6, 6.07) is 95.4. The van der Waals surface area contributed by atoms with Crippen molar-refractivity contribution >= 4 is 89.4 Å². The van der Waals surface area contributed by atoms with Gasteiger partial charge in [0.25, 0.3) is 0 Å². The lowest BCUT2D eigenvalue weighted by Gasteiger charge is -2.35. The molecule has 11 aromatic carbocycles. The van der Waals surface area contributed by atoms with E-state index < -0.39 is 8.07 Å². The monoisotopic (exact) mass is 845 g/mol. The minimum Gasteiger partial charge on any atom is -0.455 e. The number of hydrogen-bond acceptors (Lipinski definition) is 2. The number of rotatable bonds is 9. The van der Waals surface area contributed by atoms with Crippen LogP contribution in [0.5, 0.6) is 0 Å². The van der Waals surface area contributed by atoms with Crippen molar-refractivity contribution in [3.63, 3.8) is 0 Å². The van der Waals surface area contributed by atoms with E-state index in [4.69, 9.17) is 4.42 Å². The van der Waals surface area contributed by atoms with Crippen LogP contribution >= 0.6 is 0 Å². The second-order valence-corrected chi connectivity index (χ2v) is 20.6. The molecule has 0 saturated heterocycles. The van der Waals surface area contributed by atoms with Gasteiger partial charge in [-0.25, -0.2) is 0 Å². The van der Waals surface area contributed by atoms with Crippen molar-refractivity contribution in [2.45, 2.75) is 0 Å². The third-order valence-electron chi connectivity index (χ3n) is 13.2. The van der Waals surface area contributed by atoms with Gasteiger partial charge < -0.3 is 9.32 Å². The van der Waals surface area contributed by atoms with Gasteiger partial charge in [0.05, 0.1) is 11.1 Å². The first kappa shape index (κ1) is 38.4. The van der Waals surface area contributed by atoms with E-state index in [1.54, 1.807) is 0 Å². The molecule has 0 aliphatic rings. The summed E-state index contributed by atoms with van der Waals surface area (Å²) < 4.78 is 6.81. The zero-order valence-electron chi connectivity index (χ0n) is 35.7. The number of fused-ring (bicyclic) bond motifs is 6. The SMILES string of the molecule is c1ccc(-c2cccc3ccc(-c4ccc(N(c5cccc([Si](c6ccccc6)(c6ccccc6)c6ccccc6)c5)c5cccc6oc7c8ccccc8ccc7c56)cc4)cc23)cc1. The van der Waals surface area contributed by atoms with Crippen molar-refractivity contribution in [2.75, 3.05) is 4.90 Å². The third kappa shape index (κ3) is 6.56. The second-order valence-electron chi connectivity index (χ2n) is 16.8. The molecule has 2 nitrogen and oxygen atoms in total. The van der Waals surface area contributed by atoms with Crippen LogP contribution in [-0.4, -0.2) is 8.07 Å². The van der Waals surface area contributed by atoms with E-state index in [1.807, 2.05) is 0 Å². The molecule has 0 saturated carbocycles. The molecule has 1 heterocycles. The second kappa shape index (κ2) is 16.1. The lowest BCUT2D eigenvalue weighted by molar-refractivity contribution is 0.672. The molecule has 3 heteroatoms. The Labute approximate surface area is 379 Å². The third-order valence-corrected chi connectivity index (χ3v) is 18.0. The number of anilines is 3. The van der Waals surface area contributed by atoms with Crippen LogP contribution in [0.15, 0.2) is 265 Å². The number of hydrogen-bond donors (Lipinski definition) is 0. The lowest BCUT2D eigenvalue weighted by Crippen LogP contribution is -2.74. The Morgan fingerprint density at radius 3 is 1.58 bits per heavy atom. The van der Waals surface area contributed by atoms with Crippen molar-refractivity contribution < 1.29 is 4.42 Å².